The molecule has 35 heavy (non-hydrogen) atoms. The number of anilines is 3. The second-order valence-electron chi connectivity index (χ2n) is 8.23. The maximum atomic E-state index is 14.0. The molecule has 10 nitrogen and oxygen atoms in total. The molecule has 1 atom stereocenters. The number of carbonyl (C=O) groups excluding carboxylic acids is 1. The Balaban J connectivity index is 0.00000289. The molecule has 4 heterocycles. The van der Waals surface area contributed by atoms with Gasteiger partial charge in [-0.2, -0.15) is 23.6 Å². The van der Waals surface area contributed by atoms with Gasteiger partial charge in [0.05, 0.1) is 25.5 Å². The Labute approximate surface area is 207 Å². The van der Waals surface area contributed by atoms with E-state index in [9.17, 15) is 13.6 Å². The molecular formula is C22H26F2N8O2S. The summed E-state index contributed by atoms with van der Waals surface area (Å²) in [4.78, 5) is 23.6. The van der Waals surface area contributed by atoms with Crippen molar-refractivity contribution in [2.75, 3.05) is 42.3 Å². The molecule has 5 rings (SSSR count). The second-order valence-corrected chi connectivity index (χ2v) is 8.23. The predicted molar refractivity (Wildman–Crippen MR) is 131 cm³/mol. The average Bonchev–Trinajstić information content (AvgIpc) is 3.26. The van der Waals surface area contributed by atoms with E-state index in [-0.39, 0.29) is 32.0 Å². The summed E-state index contributed by atoms with van der Waals surface area (Å²) in [6, 6.07) is 2.16. The van der Waals surface area contributed by atoms with Crippen LogP contribution in [-0.4, -0.2) is 58.4 Å². The molecule has 0 spiro atoms. The number of ether oxygens (including phenoxy) is 1. The van der Waals surface area contributed by atoms with Gasteiger partial charge in [0.15, 0.2) is 23.2 Å². The van der Waals surface area contributed by atoms with Crippen molar-refractivity contribution in [3.8, 4) is 5.75 Å². The highest BCUT2D eigenvalue weighted by atomic mass is 32.1. The standard InChI is InChI=1S/C22H24F2N8O2.H2S/c1-12-18-20(32-4-3-25-9-17(32)21(33)29-18)30-22(28-12)26-7-14-8-27-31(11-14)10-13-5-15(23)19(34-2)16(24)6-13;/h5-6,8,11,17,25H,3-4,7,9-10H2,1-2H3,(H,29,33)(H,26,28,30);1H2/t17-;/m0./s1. The summed E-state index contributed by atoms with van der Waals surface area (Å²) in [7, 11) is 1.22. The van der Waals surface area contributed by atoms with Crippen molar-refractivity contribution in [2.45, 2.75) is 26.1 Å². The van der Waals surface area contributed by atoms with E-state index in [4.69, 9.17) is 4.74 Å². The number of hydrogen-bond donors (Lipinski definition) is 3. The minimum atomic E-state index is -0.755. The van der Waals surface area contributed by atoms with E-state index < -0.39 is 17.4 Å². The van der Waals surface area contributed by atoms with Crippen LogP contribution in [0.25, 0.3) is 0 Å². The molecule has 3 aromatic rings. The number of amides is 1. The van der Waals surface area contributed by atoms with Gasteiger partial charge in [0.25, 0.3) is 0 Å². The van der Waals surface area contributed by atoms with Gasteiger partial charge in [-0.15, -0.1) is 0 Å². The maximum Gasteiger partial charge on any atom is 0.248 e. The van der Waals surface area contributed by atoms with Gasteiger partial charge in [0.2, 0.25) is 11.9 Å². The Morgan fingerprint density at radius 1 is 1.23 bits per heavy atom. The van der Waals surface area contributed by atoms with E-state index in [1.165, 1.54) is 19.2 Å². The summed E-state index contributed by atoms with van der Waals surface area (Å²) in [6.07, 6.45) is 3.45. The number of nitrogens with one attached hydrogen (secondary N) is 3. The van der Waals surface area contributed by atoms with Crippen molar-refractivity contribution in [1.82, 2.24) is 25.1 Å². The molecule has 1 aromatic carbocycles. The number of carbonyl (C=O) groups is 1. The number of rotatable bonds is 6. The van der Waals surface area contributed by atoms with E-state index in [0.29, 0.717) is 48.3 Å². The van der Waals surface area contributed by atoms with E-state index in [2.05, 4.69) is 31.0 Å². The molecule has 0 bridgehead atoms. The van der Waals surface area contributed by atoms with Gasteiger partial charge in [-0.05, 0) is 24.6 Å². The highest BCUT2D eigenvalue weighted by molar-refractivity contribution is 7.59. The minimum Gasteiger partial charge on any atom is -0.491 e. The summed E-state index contributed by atoms with van der Waals surface area (Å²) in [5.74, 6) is -0.821. The summed E-state index contributed by atoms with van der Waals surface area (Å²) in [6.45, 7) is 4.46. The van der Waals surface area contributed by atoms with Gasteiger partial charge in [-0.3, -0.25) is 9.48 Å². The molecule has 3 N–H and O–H groups in total. The van der Waals surface area contributed by atoms with Crippen LogP contribution in [-0.2, 0) is 17.9 Å². The fourth-order valence-corrected chi connectivity index (χ4v) is 4.24. The fraction of sp³-hybridized carbons (Fsp3) is 0.364. The molecule has 1 fully saturated rings. The lowest BCUT2D eigenvalue weighted by Gasteiger charge is -2.40. The van der Waals surface area contributed by atoms with Crippen LogP contribution >= 0.6 is 13.5 Å². The number of halogens is 2. The first-order valence-electron chi connectivity index (χ1n) is 10.9. The molecule has 0 unspecified atom stereocenters. The van der Waals surface area contributed by atoms with Crippen LogP contribution in [0.1, 0.15) is 16.8 Å². The lowest BCUT2D eigenvalue weighted by Crippen LogP contribution is -2.59. The molecule has 2 aliphatic rings. The van der Waals surface area contributed by atoms with Crippen LogP contribution in [0.3, 0.4) is 0 Å². The third-order valence-corrected chi connectivity index (χ3v) is 5.88. The normalized spacial score (nSPS) is 16.6. The van der Waals surface area contributed by atoms with Crippen molar-refractivity contribution in [3.05, 3.63) is 53.0 Å². The second kappa shape index (κ2) is 10.0. The number of aromatic nitrogens is 4. The first-order valence-corrected chi connectivity index (χ1v) is 10.9. The van der Waals surface area contributed by atoms with Crippen molar-refractivity contribution < 1.29 is 18.3 Å². The number of aryl methyl sites for hydroxylation is 1. The van der Waals surface area contributed by atoms with Gasteiger partial charge in [0.1, 0.15) is 11.7 Å². The number of benzene rings is 1. The van der Waals surface area contributed by atoms with Crippen LogP contribution in [0.4, 0.5) is 26.2 Å². The summed E-state index contributed by atoms with van der Waals surface area (Å²) in [5, 5.41) is 13.6. The Morgan fingerprint density at radius 2 is 2.00 bits per heavy atom. The van der Waals surface area contributed by atoms with Gasteiger partial charge in [-0.25, -0.2) is 13.8 Å². The largest absolute Gasteiger partial charge is 0.491 e. The Bertz CT molecular complexity index is 1230. The molecule has 0 aliphatic carbocycles. The van der Waals surface area contributed by atoms with Crippen molar-refractivity contribution in [1.29, 1.82) is 0 Å². The number of methoxy groups -OCH3 is 1. The van der Waals surface area contributed by atoms with E-state index in [1.54, 1.807) is 17.1 Å². The lowest BCUT2D eigenvalue weighted by atomic mass is 10.1. The number of hydrogen-bond acceptors (Lipinski definition) is 8. The molecule has 0 saturated carbocycles. The van der Waals surface area contributed by atoms with Crippen molar-refractivity contribution in [3.63, 3.8) is 0 Å². The number of fused-ring (bicyclic) bond motifs is 3. The SMILES string of the molecule is COc1c(F)cc(Cn2cc(CNc3nc(C)c4c(n3)N3CCNC[C@H]3C(=O)N4)cn2)cc1F.S. The molecule has 2 aromatic heterocycles. The monoisotopic (exact) mass is 504 g/mol. The van der Waals surface area contributed by atoms with Gasteiger partial charge in [-0.1, -0.05) is 0 Å². The highest BCUT2D eigenvalue weighted by Gasteiger charge is 2.37. The topological polar surface area (TPSA) is 109 Å². The molecule has 1 saturated heterocycles. The molecule has 0 radical (unpaired) electrons. The smallest absolute Gasteiger partial charge is 0.248 e. The average molecular weight is 505 g/mol. The molecular weight excluding hydrogens is 478 g/mol. The lowest BCUT2D eigenvalue weighted by molar-refractivity contribution is -0.117. The summed E-state index contributed by atoms with van der Waals surface area (Å²) < 4.78 is 34.2. The molecule has 186 valence electrons. The summed E-state index contributed by atoms with van der Waals surface area (Å²) >= 11 is 0. The van der Waals surface area contributed by atoms with Crippen LogP contribution in [0.15, 0.2) is 24.5 Å². The van der Waals surface area contributed by atoms with Crippen molar-refractivity contribution in [2.24, 2.45) is 0 Å². The maximum absolute atomic E-state index is 14.0. The zero-order valence-corrected chi connectivity index (χ0v) is 20.2. The Hall–Kier alpha value is -3.45. The van der Waals surface area contributed by atoms with Crippen molar-refractivity contribution >= 4 is 36.9 Å². The van der Waals surface area contributed by atoms with Gasteiger partial charge < -0.3 is 25.6 Å². The van der Waals surface area contributed by atoms with Crippen LogP contribution in [0.5, 0.6) is 5.75 Å². The zero-order valence-electron chi connectivity index (χ0n) is 19.2. The van der Waals surface area contributed by atoms with E-state index in [1.807, 2.05) is 11.8 Å². The number of nitrogens with zero attached hydrogens (tertiary/aromatic N) is 5. The Kier molecular flexibility index (Phi) is 7.08. The summed E-state index contributed by atoms with van der Waals surface area (Å²) in [5.41, 5.74) is 2.60. The first kappa shape index (κ1) is 24.7. The third kappa shape index (κ3) is 4.86. The predicted octanol–water partition coefficient (Wildman–Crippen LogP) is 1.77. The Morgan fingerprint density at radius 3 is 2.74 bits per heavy atom. The number of piperazine rings is 1. The molecule has 2 aliphatic heterocycles. The zero-order chi connectivity index (χ0) is 23.8. The van der Waals surface area contributed by atoms with Gasteiger partial charge >= 0.3 is 0 Å². The van der Waals surface area contributed by atoms with Crippen LogP contribution in [0.2, 0.25) is 0 Å². The van der Waals surface area contributed by atoms with Gasteiger partial charge in [0, 0.05) is 37.9 Å². The fourth-order valence-electron chi connectivity index (χ4n) is 4.24. The van der Waals surface area contributed by atoms with E-state index >= 15 is 0 Å². The van der Waals surface area contributed by atoms with E-state index in [0.717, 1.165) is 12.1 Å². The van der Waals surface area contributed by atoms with Crippen LogP contribution in [0, 0.1) is 18.6 Å². The quantitative estimate of drug-likeness (QED) is 0.466. The minimum absolute atomic E-state index is 0. The first-order chi connectivity index (χ1) is 16.4. The highest BCUT2D eigenvalue weighted by Crippen LogP contribution is 2.33. The van der Waals surface area contributed by atoms with Crippen LogP contribution < -0.4 is 25.6 Å². The third-order valence-electron chi connectivity index (χ3n) is 5.88. The molecule has 13 heteroatoms. The molecule has 1 amide bonds.